The minimum atomic E-state index is -2.31. The maximum absolute atomic E-state index is 17.6. The third-order valence-corrected chi connectivity index (χ3v) is 20.2. The van der Waals surface area contributed by atoms with Crippen LogP contribution < -0.4 is 19.7 Å². The van der Waals surface area contributed by atoms with Crippen LogP contribution in [0.3, 0.4) is 0 Å². The molecule has 5 aliphatic heterocycles. The zero-order valence-corrected chi connectivity index (χ0v) is 34.1. The maximum Gasteiger partial charge on any atom is 0.319 e. The number of nitrogens with one attached hydrogen (secondary N) is 1. The Morgan fingerprint density at radius 1 is 0.982 bits per heavy atom. The normalized spacial score (nSPS) is 25.8. The third-order valence-electron chi connectivity index (χ3n) is 13.9. The van der Waals surface area contributed by atoms with Gasteiger partial charge in [0.05, 0.1) is 28.1 Å². The van der Waals surface area contributed by atoms with Crippen molar-refractivity contribution in [2.45, 2.75) is 120 Å². The van der Waals surface area contributed by atoms with E-state index < -0.39 is 37.2 Å². The van der Waals surface area contributed by atoms with E-state index in [0.29, 0.717) is 52.7 Å². The Morgan fingerprint density at radius 3 is 2.54 bits per heavy atom. The van der Waals surface area contributed by atoms with Crippen LogP contribution in [-0.4, -0.2) is 85.6 Å². The Morgan fingerprint density at radius 2 is 1.77 bits per heavy atom. The summed E-state index contributed by atoms with van der Waals surface area (Å²) in [5.74, 6) is 1.17. The van der Waals surface area contributed by atoms with Crippen LogP contribution in [0.25, 0.3) is 32.8 Å². The van der Waals surface area contributed by atoms with E-state index in [-0.39, 0.29) is 70.7 Å². The van der Waals surface area contributed by atoms with Crippen molar-refractivity contribution in [2.24, 2.45) is 0 Å². The number of fused-ring (bicyclic) bond motifs is 7. The molecule has 4 fully saturated rings. The van der Waals surface area contributed by atoms with Gasteiger partial charge in [-0.25, -0.2) is 17.6 Å². The number of hydrogen-bond acceptors (Lipinski definition) is 7. The Labute approximate surface area is 327 Å². The number of ether oxygens (including phenoxy) is 2. The summed E-state index contributed by atoms with van der Waals surface area (Å²) >= 11 is 0. The van der Waals surface area contributed by atoms with Crippen LogP contribution in [0, 0.1) is 28.9 Å². The Bertz CT molecular complexity index is 2270. The van der Waals surface area contributed by atoms with Crippen molar-refractivity contribution in [2.75, 3.05) is 37.7 Å². The molecule has 1 N–H and O–H groups in total. The van der Waals surface area contributed by atoms with E-state index in [1.165, 1.54) is 6.07 Å². The molecular formula is C44H51F4N5O2Si. The molecule has 0 unspecified atom stereocenters. The van der Waals surface area contributed by atoms with Crippen molar-refractivity contribution in [3.8, 4) is 34.4 Å². The number of halogens is 4. The predicted molar refractivity (Wildman–Crippen MR) is 215 cm³/mol. The highest BCUT2D eigenvalue weighted by Crippen LogP contribution is 2.49. The standard InChI is InChI=1S/C44H51F4N5O2Si/c1-24(2)56(25(3)4,26(5)6)18-15-30-32(46)13-11-27-9-7-10-31(35(27)30)36-38(47)40-37-41(39(36)48)54-22-34-33-14-12-29(49-33)21-53(34)42(37)51-43(50-40)55-23-44-16-8-17-52(44)20-28(45)19-44/h7,9-11,13,24-26,28-29,33-34,49H,8,12,14,16-17,19-23H2,1-6H3/t28-,29-,33+,34-,44+/m1/s1. The van der Waals surface area contributed by atoms with Gasteiger partial charge in [-0.05, 0) is 65.9 Å². The number of nitrogens with zero attached hydrogens (tertiary/aromatic N) is 4. The molecule has 0 aliphatic carbocycles. The second kappa shape index (κ2) is 13.9. The lowest BCUT2D eigenvalue weighted by molar-refractivity contribution is 0.107. The molecule has 12 heteroatoms. The van der Waals surface area contributed by atoms with Crippen molar-refractivity contribution in [1.29, 1.82) is 0 Å². The van der Waals surface area contributed by atoms with Crippen LogP contribution in [0.4, 0.5) is 23.4 Å². The average Bonchev–Trinajstić information content (AvgIpc) is 3.79. The molecule has 3 aromatic carbocycles. The minimum Gasteiger partial charge on any atom is -0.487 e. The summed E-state index contributed by atoms with van der Waals surface area (Å²) < 4.78 is 78.7. The quantitative estimate of drug-likeness (QED) is 0.114. The second-order valence-electron chi connectivity index (χ2n) is 17.8. The molecule has 2 bridgehead atoms. The first-order valence-corrected chi connectivity index (χ1v) is 22.7. The highest BCUT2D eigenvalue weighted by Gasteiger charge is 2.50. The first-order chi connectivity index (χ1) is 26.8. The molecule has 5 atom stereocenters. The Hall–Kier alpha value is -3.92. The van der Waals surface area contributed by atoms with Crippen LogP contribution in [-0.2, 0) is 0 Å². The molecule has 1 aromatic heterocycles. The number of alkyl halides is 1. The summed E-state index contributed by atoms with van der Waals surface area (Å²) in [6.45, 7) is 15.2. The summed E-state index contributed by atoms with van der Waals surface area (Å²) in [5.41, 5.74) is 3.85. The number of piperazine rings is 1. The molecule has 9 rings (SSSR count). The van der Waals surface area contributed by atoms with E-state index in [4.69, 9.17) is 14.5 Å². The highest BCUT2D eigenvalue weighted by atomic mass is 28.3. The number of anilines is 1. The monoisotopic (exact) mass is 785 g/mol. The van der Waals surface area contributed by atoms with Gasteiger partial charge in [0.1, 0.15) is 44.6 Å². The zero-order valence-electron chi connectivity index (χ0n) is 33.1. The van der Waals surface area contributed by atoms with Crippen LogP contribution in [0.2, 0.25) is 16.6 Å². The summed E-state index contributed by atoms with van der Waals surface area (Å²) in [4.78, 5) is 13.8. The molecule has 0 radical (unpaired) electrons. The topological polar surface area (TPSA) is 62.8 Å². The highest BCUT2D eigenvalue weighted by molar-refractivity contribution is 6.90. The lowest BCUT2D eigenvalue weighted by atomic mass is 9.92. The van der Waals surface area contributed by atoms with E-state index in [1.807, 2.05) is 6.07 Å². The van der Waals surface area contributed by atoms with Gasteiger partial charge in [0.2, 0.25) is 0 Å². The number of aromatic nitrogens is 2. The van der Waals surface area contributed by atoms with Crippen LogP contribution in [0.5, 0.6) is 11.8 Å². The number of benzene rings is 3. The van der Waals surface area contributed by atoms with E-state index in [2.05, 4.69) is 73.1 Å². The molecular weight excluding hydrogens is 735 g/mol. The van der Waals surface area contributed by atoms with Gasteiger partial charge in [-0.2, -0.15) is 9.97 Å². The van der Waals surface area contributed by atoms with E-state index >= 15 is 13.2 Å². The van der Waals surface area contributed by atoms with Gasteiger partial charge in [-0.1, -0.05) is 71.7 Å². The lowest BCUT2D eigenvalue weighted by Crippen LogP contribution is -2.60. The Kier molecular flexibility index (Phi) is 9.33. The summed E-state index contributed by atoms with van der Waals surface area (Å²) in [6, 6.07) is 8.20. The van der Waals surface area contributed by atoms with Crippen LogP contribution in [0.15, 0.2) is 30.3 Å². The van der Waals surface area contributed by atoms with Crippen molar-refractivity contribution in [3.63, 3.8) is 0 Å². The van der Waals surface area contributed by atoms with Crippen LogP contribution >= 0.6 is 0 Å². The van der Waals surface area contributed by atoms with Crippen molar-refractivity contribution < 1.29 is 27.0 Å². The van der Waals surface area contributed by atoms with Gasteiger partial charge in [-0.15, -0.1) is 5.54 Å². The van der Waals surface area contributed by atoms with Gasteiger partial charge >= 0.3 is 6.01 Å². The minimum absolute atomic E-state index is 0.0437. The summed E-state index contributed by atoms with van der Waals surface area (Å²) in [6.07, 6.45) is 3.04. The zero-order chi connectivity index (χ0) is 39.3. The first-order valence-electron chi connectivity index (χ1n) is 20.5. The molecule has 0 saturated carbocycles. The van der Waals surface area contributed by atoms with Crippen molar-refractivity contribution in [1.82, 2.24) is 20.2 Å². The van der Waals surface area contributed by atoms with Crippen molar-refractivity contribution in [3.05, 3.63) is 53.3 Å². The van der Waals surface area contributed by atoms with Gasteiger partial charge in [-0.3, -0.25) is 4.90 Å². The molecule has 4 aromatic rings. The Balaban J connectivity index is 1.25. The maximum atomic E-state index is 17.6. The van der Waals surface area contributed by atoms with Gasteiger partial charge in [0.25, 0.3) is 0 Å². The predicted octanol–water partition coefficient (Wildman–Crippen LogP) is 9.09. The SMILES string of the molecule is CC(C)[Si](C#Cc1c(F)ccc2cccc(-c3c(F)c4c5c(nc(OC[C@@]67CCCN6C[C@H](F)C7)nc5c3F)N3C[C@H]5CC[C@H](N5)[C@H]3CO4)c12)(C(C)C)C(C)C. The van der Waals surface area contributed by atoms with Gasteiger partial charge < -0.3 is 19.7 Å². The van der Waals surface area contributed by atoms with Crippen LogP contribution in [0.1, 0.15) is 79.2 Å². The number of rotatable bonds is 7. The first kappa shape index (κ1) is 37.6. The molecule has 7 nitrogen and oxygen atoms in total. The fourth-order valence-electron chi connectivity index (χ4n) is 11.3. The molecule has 0 amide bonds. The molecule has 56 heavy (non-hydrogen) atoms. The third kappa shape index (κ3) is 5.73. The van der Waals surface area contributed by atoms with E-state index in [9.17, 15) is 4.39 Å². The fraction of sp³-hybridized carbons (Fsp3) is 0.545. The average molecular weight is 786 g/mol. The van der Waals surface area contributed by atoms with E-state index in [1.54, 1.807) is 18.2 Å². The molecule has 0 spiro atoms. The number of hydrogen-bond donors (Lipinski definition) is 1. The molecule has 5 aliphatic rings. The molecule has 4 saturated heterocycles. The smallest absolute Gasteiger partial charge is 0.319 e. The van der Waals surface area contributed by atoms with Gasteiger partial charge in [0.15, 0.2) is 17.4 Å². The van der Waals surface area contributed by atoms with E-state index in [0.717, 1.165) is 32.2 Å². The van der Waals surface area contributed by atoms with Gasteiger partial charge in [0, 0.05) is 37.0 Å². The summed E-state index contributed by atoms with van der Waals surface area (Å²) in [5, 5.41) is 4.77. The van der Waals surface area contributed by atoms with Crippen molar-refractivity contribution >= 4 is 35.6 Å². The second-order valence-corrected chi connectivity index (χ2v) is 23.4. The molecule has 296 valence electrons. The lowest BCUT2D eigenvalue weighted by Gasteiger charge is -2.40. The fourth-order valence-corrected chi connectivity index (χ4v) is 16.5. The molecule has 6 heterocycles. The summed E-state index contributed by atoms with van der Waals surface area (Å²) in [7, 11) is -2.31. The largest absolute Gasteiger partial charge is 0.487 e.